The van der Waals surface area contributed by atoms with Crippen molar-refractivity contribution in [1.29, 1.82) is 0 Å². The largest absolute Gasteiger partial charge is 0.469 e. The van der Waals surface area contributed by atoms with Gasteiger partial charge in [-0.3, -0.25) is 9.69 Å². The highest BCUT2D eigenvalue weighted by Crippen LogP contribution is 2.06. The second kappa shape index (κ2) is 5.64. The maximum absolute atomic E-state index is 11.0. The second-order valence-corrected chi connectivity index (χ2v) is 4.26. The number of ether oxygens (including phenoxy) is 1. The molecule has 2 aromatic rings. The zero-order chi connectivity index (χ0) is 13.0. The van der Waals surface area contributed by atoms with Gasteiger partial charge in [-0.05, 0) is 19.2 Å². The van der Waals surface area contributed by atoms with E-state index >= 15 is 0 Å². The van der Waals surface area contributed by atoms with Crippen molar-refractivity contribution in [3.05, 3.63) is 36.3 Å². The minimum atomic E-state index is -0.183. The predicted molar refractivity (Wildman–Crippen MR) is 68.2 cm³/mol. The quantitative estimate of drug-likeness (QED) is 0.748. The first-order chi connectivity index (χ1) is 8.69. The first kappa shape index (κ1) is 12.6. The maximum atomic E-state index is 11.0. The topological polar surface area (TPSA) is 46.8 Å². The highest BCUT2D eigenvalue weighted by Gasteiger charge is 2.07. The molecular formula is C13H17N3O2. The summed E-state index contributed by atoms with van der Waals surface area (Å²) in [5.74, 6) is -0.183. The average molecular weight is 247 g/mol. The van der Waals surface area contributed by atoms with Gasteiger partial charge in [-0.2, -0.15) is 0 Å². The number of pyridine rings is 1. The zero-order valence-corrected chi connectivity index (χ0v) is 10.7. The van der Waals surface area contributed by atoms with E-state index < -0.39 is 0 Å². The van der Waals surface area contributed by atoms with E-state index in [1.165, 1.54) is 7.11 Å². The fraction of sp³-hybridized carbons (Fsp3) is 0.385. The van der Waals surface area contributed by atoms with E-state index in [0.717, 1.165) is 17.9 Å². The molecule has 5 heteroatoms. The molecule has 0 N–H and O–H groups in total. The van der Waals surface area contributed by atoms with Gasteiger partial charge in [0.05, 0.1) is 19.2 Å². The van der Waals surface area contributed by atoms with Crippen LogP contribution in [0.2, 0.25) is 0 Å². The zero-order valence-electron chi connectivity index (χ0n) is 10.7. The van der Waals surface area contributed by atoms with Gasteiger partial charge in [0, 0.05) is 25.5 Å². The van der Waals surface area contributed by atoms with E-state index in [2.05, 4.69) is 14.6 Å². The van der Waals surface area contributed by atoms with Gasteiger partial charge in [-0.15, -0.1) is 0 Å². The van der Waals surface area contributed by atoms with Gasteiger partial charge in [0.15, 0.2) is 0 Å². The predicted octanol–water partition coefficient (Wildman–Crippen LogP) is 1.33. The molecule has 18 heavy (non-hydrogen) atoms. The molecule has 0 aliphatic rings. The third kappa shape index (κ3) is 3.07. The van der Waals surface area contributed by atoms with Gasteiger partial charge < -0.3 is 9.14 Å². The van der Waals surface area contributed by atoms with Gasteiger partial charge in [-0.1, -0.05) is 6.07 Å². The number of carbonyl (C=O) groups excluding carboxylic acids is 1. The number of rotatable bonds is 5. The molecule has 5 nitrogen and oxygen atoms in total. The molecule has 0 atom stereocenters. The average Bonchev–Trinajstić information content (AvgIpc) is 2.77. The lowest BCUT2D eigenvalue weighted by atomic mass is 10.3. The third-order valence-electron chi connectivity index (χ3n) is 2.77. The standard InChI is InChI=1S/C13H17N3O2/c1-15(8-6-13(17)18-2)9-11-10-16-7-4-3-5-12(16)14-11/h3-5,7,10H,6,8-9H2,1-2H3. The number of aromatic nitrogens is 2. The molecule has 0 spiro atoms. The van der Waals surface area contributed by atoms with Crippen LogP contribution in [0.5, 0.6) is 0 Å². The normalized spacial score (nSPS) is 11.1. The minimum absolute atomic E-state index is 0.183. The Kier molecular flexibility index (Phi) is 3.94. The number of fused-ring (bicyclic) bond motifs is 1. The van der Waals surface area contributed by atoms with E-state index in [4.69, 9.17) is 0 Å². The Balaban J connectivity index is 1.94. The third-order valence-corrected chi connectivity index (χ3v) is 2.77. The van der Waals surface area contributed by atoms with Crippen LogP contribution < -0.4 is 0 Å². The summed E-state index contributed by atoms with van der Waals surface area (Å²) in [6.07, 6.45) is 4.38. The lowest BCUT2D eigenvalue weighted by molar-refractivity contribution is -0.140. The first-order valence-corrected chi connectivity index (χ1v) is 5.87. The van der Waals surface area contributed by atoms with Crippen LogP contribution >= 0.6 is 0 Å². The number of hydrogen-bond acceptors (Lipinski definition) is 4. The van der Waals surface area contributed by atoms with E-state index in [9.17, 15) is 4.79 Å². The highest BCUT2D eigenvalue weighted by molar-refractivity contribution is 5.69. The molecule has 0 unspecified atom stereocenters. The Morgan fingerprint density at radius 2 is 2.33 bits per heavy atom. The summed E-state index contributed by atoms with van der Waals surface area (Å²) in [5, 5.41) is 0. The Labute approximate surface area is 106 Å². The fourth-order valence-corrected chi connectivity index (χ4v) is 1.80. The molecule has 0 aliphatic heterocycles. The molecule has 0 aromatic carbocycles. The van der Waals surface area contributed by atoms with Crippen molar-refractivity contribution >= 4 is 11.6 Å². The molecule has 2 rings (SSSR count). The molecular weight excluding hydrogens is 230 g/mol. The first-order valence-electron chi connectivity index (χ1n) is 5.87. The van der Waals surface area contributed by atoms with Crippen LogP contribution in [0, 0.1) is 0 Å². The van der Waals surface area contributed by atoms with Crippen molar-refractivity contribution in [1.82, 2.24) is 14.3 Å². The van der Waals surface area contributed by atoms with Crippen molar-refractivity contribution in [2.75, 3.05) is 20.7 Å². The van der Waals surface area contributed by atoms with Crippen molar-refractivity contribution in [2.24, 2.45) is 0 Å². The van der Waals surface area contributed by atoms with Crippen molar-refractivity contribution in [2.45, 2.75) is 13.0 Å². The molecule has 0 radical (unpaired) electrons. The number of methoxy groups -OCH3 is 1. The van der Waals surface area contributed by atoms with E-state index in [1.54, 1.807) is 0 Å². The van der Waals surface area contributed by atoms with E-state index in [0.29, 0.717) is 13.0 Å². The maximum Gasteiger partial charge on any atom is 0.306 e. The number of hydrogen-bond donors (Lipinski definition) is 0. The van der Waals surface area contributed by atoms with Crippen LogP contribution in [0.1, 0.15) is 12.1 Å². The summed E-state index contributed by atoms with van der Waals surface area (Å²) in [6, 6.07) is 5.91. The fourth-order valence-electron chi connectivity index (χ4n) is 1.80. The molecule has 0 aliphatic carbocycles. The van der Waals surface area contributed by atoms with Crippen LogP contribution in [0.25, 0.3) is 5.65 Å². The number of carbonyl (C=O) groups is 1. The monoisotopic (exact) mass is 247 g/mol. The number of nitrogens with zero attached hydrogens (tertiary/aromatic N) is 3. The summed E-state index contributed by atoms with van der Waals surface area (Å²) < 4.78 is 6.60. The van der Waals surface area contributed by atoms with Gasteiger partial charge in [0.2, 0.25) is 0 Å². The molecule has 96 valence electrons. The van der Waals surface area contributed by atoms with Crippen molar-refractivity contribution in [3.63, 3.8) is 0 Å². The Bertz CT molecular complexity index is 503. The van der Waals surface area contributed by atoms with Crippen molar-refractivity contribution < 1.29 is 9.53 Å². The smallest absolute Gasteiger partial charge is 0.306 e. The Morgan fingerprint density at radius 3 is 3.06 bits per heavy atom. The number of esters is 1. The van der Waals surface area contributed by atoms with Crippen LogP contribution in [-0.4, -0.2) is 41.0 Å². The summed E-state index contributed by atoms with van der Waals surface area (Å²) in [4.78, 5) is 17.6. The van der Waals surface area contributed by atoms with Gasteiger partial charge in [0.25, 0.3) is 0 Å². The van der Waals surface area contributed by atoms with Crippen LogP contribution in [0.3, 0.4) is 0 Å². The van der Waals surface area contributed by atoms with Crippen LogP contribution in [0.15, 0.2) is 30.6 Å². The molecule has 2 heterocycles. The summed E-state index contributed by atoms with van der Waals surface area (Å²) in [5.41, 5.74) is 1.93. The molecule has 0 saturated carbocycles. The van der Waals surface area contributed by atoms with E-state index in [-0.39, 0.29) is 5.97 Å². The highest BCUT2D eigenvalue weighted by atomic mass is 16.5. The Morgan fingerprint density at radius 1 is 1.50 bits per heavy atom. The van der Waals surface area contributed by atoms with Gasteiger partial charge in [-0.25, -0.2) is 4.98 Å². The second-order valence-electron chi connectivity index (χ2n) is 4.26. The lowest BCUT2D eigenvalue weighted by Crippen LogP contribution is -2.22. The summed E-state index contributed by atoms with van der Waals surface area (Å²) in [7, 11) is 3.37. The lowest BCUT2D eigenvalue weighted by Gasteiger charge is -2.13. The number of imidazole rings is 1. The van der Waals surface area contributed by atoms with Crippen molar-refractivity contribution in [3.8, 4) is 0 Å². The van der Waals surface area contributed by atoms with Gasteiger partial charge >= 0.3 is 5.97 Å². The molecule has 0 amide bonds. The Hall–Kier alpha value is -1.88. The van der Waals surface area contributed by atoms with Crippen LogP contribution in [0.4, 0.5) is 0 Å². The van der Waals surface area contributed by atoms with Gasteiger partial charge in [0.1, 0.15) is 5.65 Å². The summed E-state index contributed by atoms with van der Waals surface area (Å²) >= 11 is 0. The molecule has 0 fully saturated rings. The minimum Gasteiger partial charge on any atom is -0.469 e. The molecule has 2 aromatic heterocycles. The molecule has 0 saturated heterocycles. The molecule has 0 bridgehead atoms. The summed E-state index contributed by atoms with van der Waals surface area (Å²) in [6.45, 7) is 1.39. The SMILES string of the molecule is COC(=O)CCN(C)Cc1cn2ccccc2n1. The van der Waals surface area contributed by atoms with E-state index in [1.807, 2.05) is 42.0 Å². The van der Waals surface area contributed by atoms with Crippen LogP contribution in [-0.2, 0) is 16.1 Å².